The first-order valence-corrected chi connectivity index (χ1v) is 6.63. The van der Waals surface area contributed by atoms with Crippen molar-refractivity contribution in [2.45, 2.75) is 26.2 Å². The van der Waals surface area contributed by atoms with Crippen LogP contribution in [-0.4, -0.2) is 5.91 Å². The maximum Gasteiger partial charge on any atom is 0.291 e. The Morgan fingerprint density at radius 1 is 1.25 bits per heavy atom. The molecule has 1 N–H and O–H groups in total. The van der Waals surface area contributed by atoms with Crippen molar-refractivity contribution in [2.24, 2.45) is 0 Å². The highest BCUT2D eigenvalue weighted by atomic mass is 16.3. The Balaban J connectivity index is 1.99. The molecular weight excluding hydrogens is 252 g/mol. The van der Waals surface area contributed by atoms with E-state index in [1.807, 2.05) is 30.3 Å². The predicted octanol–water partition coefficient (Wildman–Crippen LogP) is 3.75. The average Bonchev–Trinajstić information content (AvgIpc) is 2.95. The number of aryl methyl sites for hydroxylation is 1. The zero-order valence-electron chi connectivity index (χ0n) is 11.3. The van der Waals surface area contributed by atoms with Crippen LogP contribution in [0.5, 0.6) is 0 Å². The number of benzene rings is 1. The van der Waals surface area contributed by atoms with Gasteiger partial charge in [-0.25, -0.2) is 0 Å². The van der Waals surface area contributed by atoms with Gasteiger partial charge < -0.3 is 9.73 Å². The van der Waals surface area contributed by atoms with Crippen molar-refractivity contribution in [3.8, 4) is 6.07 Å². The van der Waals surface area contributed by atoms with Gasteiger partial charge in [-0.1, -0.05) is 25.5 Å². The number of furan rings is 1. The molecule has 1 amide bonds. The Morgan fingerprint density at radius 3 is 2.60 bits per heavy atom. The van der Waals surface area contributed by atoms with E-state index >= 15 is 0 Å². The van der Waals surface area contributed by atoms with Crippen molar-refractivity contribution in [3.63, 3.8) is 0 Å². The van der Waals surface area contributed by atoms with E-state index in [0.29, 0.717) is 5.69 Å². The van der Waals surface area contributed by atoms with Crippen LogP contribution in [0.1, 0.15) is 41.6 Å². The maximum absolute atomic E-state index is 11.9. The van der Waals surface area contributed by atoms with Gasteiger partial charge in [-0.3, -0.25) is 4.79 Å². The summed E-state index contributed by atoms with van der Waals surface area (Å²) >= 11 is 0. The second kappa shape index (κ2) is 6.58. The smallest absolute Gasteiger partial charge is 0.291 e. The normalized spacial score (nSPS) is 10.0. The molecule has 2 rings (SSSR count). The van der Waals surface area contributed by atoms with Gasteiger partial charge in [-0.2, -0.15) is 5.26 Å². The third-order valence-corrected chi connectivity index (χ3v) is 2.97. The van der Waals surface area contributed by atoms with E-state index < -0.39 is 0 Å². The number of carbonyl (C=O) groups excluding carboxylic acids is 1. The summed E-state index contributed by atoms with van der Waals surface area (Å²) in [5.41, 5.74) is 1.97. The van der Waals surface area contributed by atoms with Gasteiger partial charge in [0.15, 0.2) is 5.76 Å². The number of hydrogen-bond acceptors (Lipinski definition) is 3. The first-order valence-electron chi connectivity index (χ1n) is 6.63. The molecule has 0 unspecified atom stereocenters. The fourth-order valence-corrected chi connectivity index (χ4v) is 1.85. The van der Waals surface area contributed by atoms with Crippen LogP contribution in [0.2, 0.25) is 0 Å². The lowest BCUT2D eigenvalue weighted by atomic mass is 10.1. The number of amides is 1. The van der Waals surface area contributed by atoms with Gasteiger partial charge in [0.05, 0.1) is 0 Å². The molecule has 0 aliphatic carbocycles. The van der Waals surface area contributed by atoms with Gasteiger partial charge in [0.2, 0.25) is 5.76 Å². The lowest BCUT2D eigenvalue weighted by Crippen LogP contribution is -2.10. The van der Waals surface area contributed by atoms with E-state index in [2.05, 4.69) is 12.2 Å². The number of nitriles is 1. The number of rotatable bonds is 5. The molecule has 0 spiro atoms. The summed E-state index contributed by atoms with van der Waals surface area (Å²) in [5.74, 6) is -0.0884. The van der Waals surface area contributed by atoms with Gasteiger partial charge >= 0.3 is 0 Å². The summed E-state index contributed by atoms with van der Waals surface area (Å²) in [7, 11) is 0. The summed E-state index contributed by atoms with van der Waals surface area (Å²) < 4.78 is 5.07. The Bertz CT molecular complexity index is 621. The van der Waals surface area contributed by atoms with Crippen molar-refractivity contribution >= 4 is 11.6 Å². The van der Waals surface area contributed by atoms with Crippen molar-refractivity contribution < 1.29 is 9.21 Å². The lowest BCUT2D eigenvalue weighted by Gasteiger charge is -2.05. The molecule has 1 heterocycles. The van der Waals surface area contributed by atoms with Crippen LogP contribution in [0.25, 0.3) is 0 Å². The molecule has 0 aliphatic rings. The molecule has 1 aromatic heterocycles. The third kappa shape index (κ3) is 3.48. The highest BCUT2D eigenvalue weighted by Gasteiger charge is 2.11. The molecule has 4 nitrogen and oxygen atoms in total. The molecule has 0 fully saturated rings. The molecule has 0 bridgehead atoms. The molecule has 20 heavy (non-hydrogen) atoms. The van der Waals surface area contributed by atoms with Crippen LogP contribution in [0.3, 0.4) is 0 Å². The number of nitrogens with one attached hydrogen (secondary N) is 1. The Morgan fingerprint density at radius 2 is 2.00 bits per heavy atom. The number of anilines is 1. The van der Waals surface area contributed by atoms with Crippen LogP contribution < -0.4 is 5.32 Å². The number of unbranched alkanes of at least 4 members (excludes halogenated alkanes) is 1. The van der Waals surface area contributed by atoms with E-state index in [1.165, 1.54) is 17.7 Å². The minimum absolute atomic E-state index is 0.130. The molecule has 0 radical (unpaired) electrons. The molecule has 0 aliphatic heterocycles. The Labute approximate surface area is 118 Å². The first-order chi connectivity index (χ1) is 9.72. The largest absolute Gasteiger partial charge is 0.440 e. The van der Waals surface area contributed by atoms with E-state index in [4.69, 9.17) is 9.68 Å². The number of nitrogens with zero attached hydrogens (tertiary/aromatic N) is 1. The predicted molar refractivity (Wildman–Crippen MR) is 76.4 cm³/mol. The molecular formula is C16H16N2O2. The van der Waals surface area contributed by atoms with Crippen LogP contribution >= 0.6 is 0 Å². The summed E-state index contributed by atoms with van der Waals surface area (Å²) in [6.07, 6.45) is 3.38. The van der Waals surface area contributed by atoms with Crippen molar-refractivity contribution in [1.82, 2.24) is 0 Å². The highest BCUT2D eigenvalue weighted by Crippen LogP contribution is 2.14. The minimum Gasteiger partial charge on any atom is -0.440 e. The monoisotopic (exact) mass is 268 g/mol. The van der Waals surface area contributed by atoms with Gasteiger partial charge in [-0.15, -0.1) is 0 Å². The molecule has 1 aromatic carbocycles. The standard InChI is InChI=1S/C16H16N2O2/c1-2-3-4-12-5-7-13(8-6-12)18-16(19)15-10-9-14(11-17)20-15/h5-10H,2-4H2,1H3,(H,18,19). The van der Waals surface area contributed by atoms with Gasteiger partial charge in [0.1, 0.15) is 6.07 Å². The van der Waals surface area contributed by atoms with Crippen LogP contribution in [0.4, 0.5) is 5.69 Å². The summed E-state index contributed by atoms with van der Waals surface area (Å²) in [6, 6.07) is 12.6. The quantitative estimate of drug-likeness (QED) is 0.898. The zero-order chi connectivity index (χ0) is 14.4. The van der Waals surface area contributed by atoms with Gasteiger partial charge in [0.25, 0.3) is 5.91 Å². The summed E-state index contributed by atoms with van der Waals surface area (Å²) in [4.78, 5) is 11.9. The minimum atomic E-state index is -0.354. The van der Waals surface area contributed by atoms with Gasteiger partial charge in [0, 0.05) is 5.69 Å². The lowest BCUT2D eigenvalue weighted by molar-refractivity contribution is 0.0996. The second-order valence-corrected chi connectivity index (χ2v) is 4.53. The molecule has 4 heteroatoms. The fraction of sp³-hybridized carbons (Fsp3) is 0.250. The van der Waals surface area contributed by atoms with Crippen molar-refractivity contribution in [2.75, 3.05) is 5.32 Å². The van der Waals surface area contributed by atoms with Gasteiger partial charge in [-0.05, 0) is 42.7 Å². The highest BCUT2D eigenvalue weighted by molar-refractivity contribution is 6.02. The molecule has 0 saturated carbocycles. The molecule has 0 atom stereocenters. The van der Waals surface area contributed by atoms with E-state index in [9.17, 15) is 4.79 Å². The Kier molecular flexibility index (Phi) is 4.56. The van der Waals surface area contributed by atoms with E-state index in [1.54, 1.807) is 0 Å². The maximum atomic E-state index is 11.9. The second-order valence-electron chi connectivity index (χ2n) is 4.53. The number of hydrogen-bond donors (Lipinski definition) is 1. The summed E-state index contributed by atoms with van der Waals surface area (Å²) in [6.45, 7) is 2.16. The SMILES string of the molecule is CCCCc1ccc(NC(=O)c2ccc(C#N)o2)cc1. The van der Waals surface area contributed by atoms with Crippen LogP contribution in [0.15, 0.2) is 40.8 Å². The van der Waals surface area contributed by atoms with Crippen LogP contribution in [0, 0.1) is 11.3 Å². The zero-order valence-corrected chi connectivity index (χ0v) is 11.3. The molecule has 0 saturated heterocycles. The topological polar surface area (TPSA) is 66.0 Å². The van der Waals surface area contributed by atoms with E-state index in [-0.39, 0.29) is 17.4 Å². The summed E-state index contributed by atoms with van der Waals surface area (Å²) in [5, 5.41) is 11.4. The van der Waals surface area contributed by atoms with Crippen LogP contribution in [-0.2, 0) is 6.42 Å². The Hall–Kier alpha value is -2.54. The molecule has 102 valence electrons. The van der Waals surface area contributed by atoms with Crippen molar-refractivity contribution in [1.29, 1.82) is 5.26 Å². The average molecular weight is 268 g/mol. The van der Waals surface area contributed by atoms with Crippen molar-refractivity contribution in [3.05, 3.63) is 53.5 Å². The first kappa shape index (κ1) is 13.9. The number of carbonyl (C=O) groups is 1. The van der Waals surface area contributed by atoms with E-state index in [0.717, 1.165) is 19.3 Å². The third-order valence-electron chi connectivity index (χ3n) is 2.97. The molecule has 2 aromatic rings. The fourth-order valence-electron chi connectivity index (χ4n) is 1.85.